The van der Waals surface area contributed by atoms with Crippen LogP contribution in [0.4, 0.5) is 22.0 Å². The van der Waals surface area contributed by atoms with Crippen molar-refractivity contribution in [2.75, 3.05) is 33.5 Å². The molecule has 5 aliphatic rings. The fraction of sp³-hybridized carbons (Fsp3) is 0.202. The van der Waals surface area contributed by atoms with E-state index in [2.05, 4.69) is 71.5 Å². The van der Waals surface area contributed by atoms with Crippen LogP contribution in [0.25, 0.3) is 0 Å². The summed E-state index contributed by atoms with van der Waals surface area (Å²) in [4.78, 5) is 106. The number of ether oxygens (including phenoxy) is 5. The third kappa shape index (κ3) is 24.0. The van der Waals surface area contributed by atoms with E-state index in [0.717, 1.165) is 17.7 Å². The topological polar surface area (TPSA) is 318 Å². The van der Waals surface area contributed by atoms with Crippen LogP contribution >= 0.6 is 81.2 Å². The van der Waals surface area contributed by atoms with E-state index in [1.54, 1.807) is 135 Å². The van der Waals surface area contributed by atoms with Gasteiger partial charge in [0.25, 0.3) is 0 Å². The van der Waals surface area contributed by atoms with Crippen molar-refractivity contribution in [2.24, 2.45) is 25.0 Å². The molecule has 5 aliphatic heterocycles. The Morgan fingerprint density at radius 2 is 0.588 bits per heavy atom. The van der Waals surface area contributed by atoms with Gasteiger partial charge in [0.15, 0.2) is 46.6 Å². The van der Waals surface area contributed by atoms with Crippen molar-refractivity contribution >= 4 is 140 Å². The summed E-state index contributed by atoms with van der Waals surface area (Å²) < 4.78 is 95.0. The zero-order chi connectivity index (χ0) is 94.4. The van der Waals surface area contributed by atoms with Crippen molar-refractivity contribution in [1.82, 2.24) is 51.5 Å². The molecule has 0 saturated carbocycles. The first-order valence-corrected chi connectivity index (χ1v) is 42.8. The molecule has 5 aromatic heterocycles. The van der Waals surface area contributed by atoms with Crippen LogP contribution in [-0.2, 0) is 47.7 Å². The molecule has 5 aromatic carbocycles. The molecule has 5 N–H and O–H groups in total. The molecule has 0 spiro atoms. The zero-order valence-electron chi connectivity index (χ0n) is 71.4. The molecule has 25 nitrogen and oxygen atoms in total. The molecule has 0 fully saturated rings. The highest BCUT2D eigenvalue weighted by molar-refractivity contribution is 6.35. The molecule has 0 amide bonds. The largest absolute Gasteiger partial charge is 0.466 e. The summed E-state index contributed by atoms with van der Waals surface area (Å²) in [5.41, 5.74) is 8.28. The fourth-order valence-electron chi connectivity index (χ4n) is 13.7. The molecule has 0 bridgehead atoms. The molecule has 15 rings (SSSR count). The van der Waals surface area contributed by atoms with Gasteiger partial charge in [-0.25, -0.2) is 60.9 Å². The van der Waals surface area contributed by atoms with E-state index in [1.807, 2.05) is 36.4 Å². The molecule has 0 aliphatic carbocycles. The Balaban J connectivity index is 0.000000158. The number of aliphatic imine (C=N–C) groups is 5. The molecule has 10 aromatic rings. The van der Waals surface area contributed by atoms with Crippen molar-refractivity contribution in [3.63, 3.8) is 0 Å². The van der Waals surface area contributed by atoms with E-state index >= 15 is 0 Å². The zero-order valence-corrected chi connectivity index (χ0v) is 76.6. The van der Waals surface area contributed by atoms with Gasteiger partial charge in [0, 0.05) is 112 Å². The normalized spacial score (nSPS) is 16.7. The molecular weight excluding hydrogens is 1840 g/mol. The van der Waals surface area contributed by atoms with Gasteiger partial charge in [-0.2, -0.15) is 0 Å². The van der Waals surface area contributed by atoms with Crippen LogP contribution in [0.15, 0.2) is 282 Å². The summed E-state index contributed by atoms with van der Waals surface area (Å²) in [6.07, 6.45) is 7.52. The minimum absolute atomic E-state index is 0.00277. The molecule has 0 saturated heterocycles. The average molecular weight is 1920 g/mol. The number of aromatic nitrogens is 5. The number of hydrogen-bond donors (Lipinski definition) is 5. The highest BCUT2D eigenvalue weighted by Crippen LogP contribution is 2.43. The van der Waals surface area contributed by atoms with E-state index in [4.69, 9.17) is 110 Å². The number of carbonyl (C=O) groups excluding carboxylic acids is 5. The van der Waals surface area contributed by atoms with E-state index < -0.39 is 89.1 Å². The lowest BCUT2D eigenvalue weighted by molar-refractivity contribution is -0.139. The maximum atomic E-state index is 14.2. The lowest BCUT2D eigenvalue weighted by Gasteiger charge is -2.26. The number of hydrogen-bond acceptors (Lipinski definition) is 25. The summed E-state index contributed by atoms with van der Waals surface area (Å²) in [5, 5.41) is 17.7. The Kier molecular flexibility index (Phi) is 34.6. The van der Waals surface area contributed by atoms with Gasteiger partial charge in [-0.15, -0.1) is 0 Å². The fourth-order valence-corrected chi connectivity index (χ4v) is 15.3. The van der Waals surface area contributed by atoms with Gasteiger partial charge in [0.1, 0.15) is 70.3 Å². The van der Waals surface area contributed by atoms with E-state index in [0.29, 0.717) is 116 Å². The summed E-state index contributed by atoms with van der Waals surface area (Å²) in [7, 11) is 1.34. The SMILES string of the molecule is CCOC(=O)C1=C(C)NC(c2ncccc2Cl)=NC1c1ccccc1Cl.CCOC(=O)C1=C(C)NC(c2ncccc2F)=NC1c1ccc(F)cc1Cl.CCOC(=O)C1=C(C)NC(c2ncccc2F)=NC1c1ccc(F)cc1Cl.CCOC(=O)C1=C(C)NC(c2ncccc2F)=NC1c1ccccc1Cl.COC(=O)C1=C(C)NC(c2ccc(Cl)cn2)=NC1c1ccccc1Cl. The molecule has 676 valence electrons. The number of halogens is 12. The van der Waals surface area contributed by atoms with Crippen LogP contribution in [0.5, 0.6) is 0 Å². The Morgan fingerprint density at radius 3 is 0.870 bits per heavy atom. The summed E-state index contributed by atoms with van der Waals surface area (Å²) in [6, 6.07) is 40.7. The number of allylic oxidation sites excluding steroid dienone is 5. The van der Waals surface area contributed by atoms with Gasteiger partial charge in [-0.05, 0) is 165 Å². The number of esters is 5. The van der Waals surface area contributed by atoms with Gasteiger partial charge in [0.2, 0.25) is 0 Å². The summed E-state index contributed by atoms with van der Waals surface area (Å²) in [6.45, 7) is 16.3. The minimum Gasteiger partial charge on any atom is -0.466 e. The number of amidine groups is 5. The standard InChI is InChI=1S/C19H17Cl2N3O2.2C19H16ClF2N3O2.C19H17ClFN3O2.C18H15Cl2N3O2/c1-3-26-19(25)15-11(2)23-18(17-14(21)9-6-10-22-17)24-16(15)12-7-4-5-8-13(12)20;2*1-3-27-19(26)15-10(2)24-18(17-14(22)5-4-8-23-17)25-16(15)12-7-6-11(21)9-13(12)20;1-3-26-19(25)15-11(2)23-18(17-14(21)9-6-10-22-17)24-16(15)12-7-4-5-8-13(12)20;1-10-15(18(24)25-2)16(12-5-3-4-6-13(12)20)23-17(22-10)14-8-7-11(19)9-21-14/h4-10,16H,3H2,1-2H3,(H,23,24);2*4-9,16H,3H2,1-2H3,(H,24,25);4-10,16H,3H2,1-2H3,(H,23,24);3-9,16H,1-2H3,(H,22,23). The van der Waals surface area contributed by atoms with E-state index in [9.17, 15) is 45.9 Å². The van der Waals surface area contributed by atoms with Crippen molar-refractivity contribution in [2.45, 2.75) is 92.5 Å². The Morgan fingerprint density at radius 1 is 0.313 bits per heavy atom. The summed E-state index contributed by atoms with van der Waals surface area (Å²) in [5.74, 6) is -3.71. The van der Waals surface area contributed by atoms with Gasteiger partial charge < -0.3 is 50.3 Å². The first-order valence-electron chi connectivity index (χ1n) is 40.1. The Bertz CT molecular complexity index is 6070. The lowest BCUT2D eigenvalue weighted by Crippen LogP contribution is -2.34. The smallest absolute Gasteiger partial charge is 0.338 e. The van der Waals surface area contributed by atoms with Gasteiger partial charge >= 0.3 is 29.8 Å². The predicted octanol–water partition coefficient (Wildman–Crippen LogP) is 19.9. The Labute approximate surface area is 784 Å². The maximum absolute atomic E-state index is 14.2. The number of benzene rings is 5. The van der Waals surface area contributed by atoms with E-state index in [-0.39, 0.29) is 82.2 Å². The van der Waals surface area contributed by atoms with E-state index in [1.165, 1.54) is 86.4 Å². The highest BCUT2D eigenvalue weighted by atomic mass is 35.5. The van der Waals surface area contributed by atoms with Gasteiger partial charge in [-0.3, -0.25) is 34.9 Å². The van der Waals surface area contributed by atoms with Gasteiger partial charge in [-0.1, -0.05) is 148 Å². The van der Waals surface area contributed by atoms with Crippen LogP contribution in [-0.4, -0.2) is 117 Å². The number of nitrogens with zero attached hydrogens (tertiary/aromatic N) is 10. The van der Waals surface area contributed by atoms with Crippen molar-refractivity contribution in [3.05, 3.63) is 378 Å². The molecule has 10 heterocycles. The lowest BCUT2D eigenvalue weighted by atomic mass is 9.95. The second-order valence-electron chi connectivity index (χ2n) is 28.2. The monoisotopic (exact) mass is 1920 g/mol. The predicted molar refractivity (Wildman–Crippen MR) is 492 cm³/mol. The second-order valence-corrected chi connectivity index (χ2v) is 31.1. The number of nitrogens with one attached hydrogen (secondary N) is 5. The minimum atomic E-state index is -0.894. The summed E-state index contributed by atoms with van der Waals surface area (Å²) >= 11 is 43.6. The first-order chi connectivity index (χ1) is 62.9. The number of rotatable bonds is 19. The van der Waals surface area contributed by atoms with Crippen LogP contribution < -0.4 is 26.6 Å². The third-order valence-corrected chi connectivity index (χ3v) is 21.8. The molecule has 0 radical (unpaired) electrons. The second kappa shape index (κ2) is 46.0. The molecular formula is C94H81Cl7F5N15O10. The number of methoxy groups -OCH3 is 1. The van der Waals surface area contributed by atoms with Crippen LogP contribution in [0.1, 0.15) is 149 Å². The quantitative estimate of drug-likeness (QED) is 0.0285. The van der Waals surface area contributed by atoms with Crippen molar-refractivity contribution < 1.29 is 69.6 Å². The molecule has 5 atom stereocenters. The van der Waals surface area contributed by atoms with Gasteiger partial charge in [0.05, 0.1) is 71.4 Å². The number of pyridine rings is 5. The average Bonchev–Trinajstić information content (AvgIpc) is 0.778. The van der Waals surface area contributed by atoms with Crippen molar-refractivity contribution in [3.8, 4) is 0 Å². The molecule has 5 unspecified atom stereocenters. The molecule has 131 heavy (non-hydrogen) atoms. The third-order valence-electron chi connectivity index (χ3n) is 19.6. The Hall–Kier alpha value is -13.1. The number of carbonyl (C=O) groups is 5. The van der Waals surface area contributed by atoms with Crippen molar-refractivity contribution in [1.29, 1.82) is 0 Å². The molecule has 37 heteroatoms. The maximum Gasteiger partial charge on any atom is 0.338 e. The van der Waals surface area contributed by atoms with Crippen LogP contribution in [0.3, 0.4) is 0 Å². The van der Waals surface area contributed by atoms with Crippen LogP contribution in [0, 0.1) is 29.1 Å². The highest BCUT2D eigenvalue weighted by Gasteiger charge is 2.39. The first kappa shape index (κ1) is 98.5. The van der Waals surface area contributed by atoms with Crippen LogP contribution in [0.2, 0.25) is 35.2 Å².